The number of fused-ring (bicyclic) bond motifs is 1. The Balaban J connectivity index is 1.25. The van der Waals surface area contributed by atoms with Crippen molar-refractivity contribution >= 4 is 34.5 Å². The summed E-state index contributed by atoms with van der Waals surface area (Å²) in [6.45, 7) is 8.68. The molecule has 248 valence electrons. The SMILES string of the molecule is Cc1nc(Oc2ccc3c(c2)cc(C(=O)N2CCN(C(=O)OC(C)(C)C)CC2)n3C)ccc1N(C)C(=O)c1ccc(C(F)(F)F)cc1. The third-order valence-corrected chi connectivity index (χ3v) is 7.83. The van der Waals surface area contributed by atoms with Crippen LogP contribution in [0.2, 0.25) is 0 Å². The molecule has 0 bridgehead atoms. The third kappa shape index (κ3) is 7.34. The summed E-state index contributed by atoms with van der Waals surface area (Å²) in [6, 6.07) is 14.5. The second-order valence-electron chi connectivity index (χ2n) is 12.4. The van der Waals surface area contributed by atoms with Gasteiger partial charge in [0.15, 0.2) is 0 Å². The smallest absolute Gasteiger partial charge is 0.416 e. The number of alkyl halides is 3. The number of halogens is 3. The van der Waals surface area contributed by atoms with E-state index in [-0.39, 0.29) is 23.4 Å². The van der Waals surface area contributed by atoms with Crippen molar-refractivity contribution in [3.63, 3.8) is 0 Å². The Hall–Kier alpha value is -5.07. The summed E-state index contributed by atoms with van der Waals surface area (Å²) in [4.78, 5) is 47.9. The van der Waals surface area contributed by atoms with E-state index in [1.54, 1.807) is 47.1 Å². The molecule has 10 nitrogen and oxygen atoms in total. The molecule has 1 aliphatic rings. The summed E-state index contributed by atoms with van der Waals surface area (Å²) in [6.07, 6.45) is -4.88. The van der Waals surface area contributed by atoms with Crippen LogP contribution in [0.4, 0.5) is 23.7 Å². The molecule has 1 fully saturated rings. The van der Waals surface area contributed by atoms with E-state index in [0.29, 0.717) is 49.0 Å². The van der Waals surface area contributed by atoms with Crippen LogP contribution in [0.15, 0.2) is 60.7 Å². The van der Waals surface area contributed by atoms with Crippen molar-refractivity contribution in [1.82, 2.24) is 19.4 Å². The highest BCUT2D eigenvalue weighted by Crippen LogP contribution is 2.31. The van der Waals surface area contributed by atoms with E-state index in [9.17, 15) is 27.6 Å². The maximum absolute atomic E-state index is 13.4. The molecule has 2 aromatic heterocycles. The lowest BCUT2D eigenvalue weighted by Crippen LogP contribution is -2.51. The number of pyridine rings is 1. The standard InChI is InChI=1S/C34H36F3N5O5/c1-21-26(40(6)30(43)22-7-9-24(10-8-22)34(35,36)37)13-14-29(38-21)46-25-11-12-27-23(19-25)20-28(39(27)5)31(44)41-15-17-42(18-16-41)32(45)47-33(2,3)4/h7-14,19-20H,15-18H2,1-6H3. The first-order valence-corrected chi connectivity index (χ1v) is 15.0. The molecule has 13 heteroatoms. The lowest BCUT2D eigenvalue weighted by atomic mass is 10.1. The van der Waals surface area contributed by atoms with Crippen LogP contribution >= 0.6 is 0 Å². The van der Waals surface area contributed by atoms with E-state index in [0.717, 1.165) is 35.2 Å². The molecule has 0 N–H and O–H groups in total. The van der Waals surface area contributed by atoms with Crippen LogP contribution in [-0.2, 0) is 18.0 Å². The molecule has 0 saturated carbocycles. The molecule has 47 heavy (non-hydrogen) atoms. The molecule has 5 rings (SSSR count). The number of amides is 3. The highest BCUT2D eigenvalue weighted by molar-refractivity contribution is 6.06. The van der Waals surface area contributed by atoms with Gasteiger partial charge in [0.2, 0.25) is 5.88 Å². The molecule has 3 heterocycles. The summed E-state index contributed by atoms with van der Waals surface area (Å²) in [5.41, 5.74) is 0.964. The molecule has 1 aliphatic heterocycles. The Morgan fingerprint density at radius 1 is 0.872 bits per heavy atom. The monoisotopic (exact) mass is 651 g/mol. The van der Waals surface area contributed by atoms with E-state index in [1.165, 1.54) is 11.9 Å². The molecule has 4 aromatic rings. The second kappa shape index (κ2) is 12.6. The Bertz CT molecular complexity index is 1820. The molecule has 0 aliphatic carbocycles. The molecule has 0 radical (unpaired) electrons. The van der Waals surface area contributed by atoms with Gasteiger partial charge in [0.05, 0.1) is 16.9 Å². The highest BCUT2D eigenvalue weighted by atomic mass is 19.4. The van der Waals surface area contributed by atoms with Gasteiger partial charge in [0, 0.05) is 62.8 Å². The Morgan fingerprint density at radius 2 is 1.51 bits per heavy atom. The number of anilines is 1. The van der Waals surface area contributed by atoms with Gasteiger partial charge in [0.25, 0.3) is 11.8 Å². The predicted octanol–water partition coefficient (Wildman–Crippen LogP) is 6.66. The number of aromatic nitrogens is 2. The van der Waals surface area contributed by atoms with Gasteiger partial charge in [-0.15, -0.1) is 0 Å². The molecule has 0 atom stereocenters. The summed E-state index contributed by atoms with van der Waals surface area (Å²) in [5.74, 6) is 0.137. The van der Waals surface area contributed by atoms with Gasteiger partial charge in [-0.2, -0.15) is 13.2 Å². The Kier molecular flexibility index (Phi) is 8.94. The summed E-state index contributed by atoms with van der Waals surface area (Å²) < 4.78 is 52.0. The maximum Gasteiger partial charge on any atom is 0.416 e. The second-order valence-corrected chi connectivity index (χ2v) is 12.4. The number of carbonyl (C=O) groups is 3. The van der Waals surface area contributed by atoms with Crippen LogP contribution in [0, 0.1) is 6.92 Å². The number of aryl methyl sites for hydroxylation is 2. The molecule has 0 unspecified atom stereocenters. The average molecular weight is 652 g/mol. The number of ether oxygens (including phenoxy) is 2. The van der Waals surface area contributed by atoms with Gasteiger partial charge in [-0.25, -0.2) is 9.78 Å². The number of nitrogens with zero attached hydrogens (tertiary/aromatic N) is 5. The topological polar surface area (TPSA) is 97.2 Å². The van der Waals surface area contributed by atoms with Gasteiger partial charge >= 0.3 is 12.3 Å². The molecule has 1 saturated heterocycles. The largest absolute Gasteiger partial charge is 0.444 e. The van der Waals surface area contributed by atoms with Crippen LogP contribution in [0.1, 0.15) is 52.9 Å². The van der Waals surface area contributed by atoms with Gasteiger partial charge in [0.1, 0.15) is 17.0 Å². The first-order valence-electron chi connectivity index (χ1n) is 15.0. The van der Waals surface area contributed by atoms with Crippen molar-refractivity contribution in [2.45, 2.75) is 39.5 Å². The fraction of sp³-hybridized carbons (Fsp3) is 0.353. The van der Waals surface area contributed by atoms with Crippen molar-refractivity contribution in [2.75, 3.05) is 38.1 Å². The number of hydrogen-bond acceptors (Lipinski definition) is 6. The average Bonchev–Trinajstić information content (AvgIpc) is 3.34. The lowest BCUT2D eigenvalue weighted by Gasteiger charge is -2.35. The van der Waals surface area contributed by atoms with Crippen LogP contribution < -0.4 is 9.64 Å². The van der Waals surface area contributed by atoms with E-state index in [1.807, 2.05) is 38.5 Å². The fourth-order valence-corrected chi connectivity index (χ4v) is 5.34. The van der Waals surface area contributed by atoms with Crippen molar-refractivity contribution in [1.29, 1.82) is 0 Å². The summed E-state index contributed by atoms with van der Waals surface area (Å²) >= 11 is 0. The molecular formula is C34H36F3N5O5. The van der Waals surface area contributed by atoms with Gasteiger partial charge in [-0.1, -0.05) is 0 Å². The van der Waals surface area contributed by atoms with Crippen LogP contribution in [0.3, 0.4) is 0 Å². The molecule has 0 spiro atoms. The third-order valence-electron chi connectivity index (χ3n) is 7.83. The summed E-state index contributed by atoms with van der Waals surface area (Å²) in [5, 5.41) is 0.788. The van der Waals surface area contributed by atoms with E-state index in [4.69, 9.17) is 9.47 Å². The zero-order valence-corrected chi connectivity index (χ0v) is 27.0. The molecule has 2 aromatic carbocycles. The van der Waals surface area contributed by atoms with Crippen LogP contribution in [-0.4, -0.2) is 76.1 Å². The van der Waals surface area contributed by atoms with E-state index in [2.05, 4.69) is 4.98 Å². The number of hydrogen-bond donors (Lipinski definition) is 0. The minimum absolute atomic E-state index is 0.109. The van der Waals surface area contributed by atoms with Gasteiger partial charge in [-0.05, 0) is 82.3 Å². The molecule has 3 amide bonds. The fourth-order valence-electron chi connectivity index (χ4n) is 5.34. The Labute approximate surface area is 270 Å². The first kappa shape index (κ1) is 33.3. The number of carbonyl (C=O) groups excluding carboxylic acids is 3. The van der Waals surface area contributed by atoms with Crippen LogP contribution in [0.25, 0.3) is 10.9 Å². The predicted molar refractivity (Wildman–Crippen MR) is 170 cm³/mol. The van der Waals surface area contributed by atoms with E-state index < -0.39 is 23.2 Å². The number of rotatable bonds is 5. The quantitative estimate of drug-likeness (QED) is 0.240. The van der Waals surface area contributed by atoms with Crippen molar-refractivity contribution in [2.24, 2.45) is 7.05 Å². The Morgan fingerprint density at radius 3 is 2.11 bits per heavy atom. The molecular weight excluding hydrogens is 615 g/mol. The van der Waals surface area contributed by atoms with Crippen molar-refractivity contribution in [3.05, 3.63) is 83.2 Å². The number of piperazine rings is 1. The van der Waals surface area contributed by atoms with Crippen molar-refractivity contribution in [3.8, 4) is 11.6 Å². The lowest BCUT2D eigenvalue weighted by molar-refractivity contribution is -0.137. The minimum Gasteiger partial charge on any atom is -0.444 e. The van der Waals surface area contributed by atoms with Crippen molar-refractivity contribution < 1.29 is 37.0 Å². The highest BCUT2D eigenvalue weighted by Gasteiger charge is 2.31. The minimum atomic E-state index is -4.49. The van der Waals surface area contributed by atoms with Crippen LogP contribution in [0.5, 0.6) is 11.6 Å². The normalized spacial score (nSPS) is 13.9. The first-order chi connectivity index (χ1) is 22.0. The summed E-state index contributed by atoms with van der Waals surface area (Å²) in [7, 11) is 3.34. The number of benzene rings is 2. The van der Waals surface area contributed by atoms with E-state index >= 15 is 0 Å². The van der Waals surface area contributed by atoms with Gasteiger partial charge in [-0.3, -0.25) is 9.59 Å². The zero-order chi connectivity index (χ0) is 34.3. The maximum atomic E-state index is 13.4. The zero-order valence-electron chi connectivity index (χ0n) is 27.0. The van der Waals surface area contributed by atoms with Gasteiger partial charge < -0.3 is 28.7 Å².